The van der Waals surface area contributed by atoms with Crippen molar-refractivity contribution in [1.29, 1.82) is 0 Å². The second-order valence-electron chi connectivity index (χ2n) is 4.84. The smallest absolute Gasteiger partial charge is 0.0371 e. The molecule has 1 heterocycles. The summed E-state index contributed by atoms with van der Waals surface area (Å²) in [5.74, 6) is 0.700. The minimum absolute atomic E-state index is 0. The Morgan fingerprint density at radius 1 is 1.00 bits per heavy atom. The van der Waals surface area contributed by atoms with Crippen LogP contribution in [-0.4, -0.2) is 18.0 Å². The Morgan fingerprint density at radius 3 is 2.06 bits per heavy atom. The van der Waals surface area contributed by atoms with Gasteiger partial charge in [-0.1, -0.05) is 44.2 Å². The third kappa shape index (κ3) is 2.99. The van der Waals surface area contributed by atoms with Crippen molar-refractivity contribution >= 4 is 12.4 Å². The molecule has 1 fully saturated rings. The Kier molecular flexibility index (Phi) is 5.30. The second-order valence-corrected chi connectivity index (χ2v) is 4.84. The molecule has 1 aliphatic rings. The van der Waals surface area contributed by atoms with Crippen molar-refractivity contribution in [3.05, 3.63) is 35.9 Å². The molecule has 90 valence electrons. The van der Waals surface area contributed by atoms with E-state index < -0.39 is 0 Å². The molecule has 0 bridgehead atoms. The van der Waals surface area contributed by atoms with Gasteiger partial charge in [0.2, 0.25) is 0 Å². The number of hydrogen-bond acceptors (Lipinski definition) is 1. The molecule has 0 spiro atoms. The zero-order valence-electron chi connectivity index (χ0n) is 10.2. The minimum Gasteiger partial charge on any atom is -0.296 e. The lowest BCUT2D eigenvalue weighted by molar-refractivity contribution is 0.193. The zero-order chi connectivity index (χ0) is 10.7. The highest BCUT2D eigenvalue weighted by atomic mass is 35.5. The average molecular weight is 240 g/mol. The van der Waals surface area contributed by atoms with E-state index in [1.54, 1.807) is 0 Å². The third-order valence-corrected chi connectivity index (χ3v) is 3.31. The van der Waals surface area contributed by atoms with Gasteiger partial charge in [0, 0.05) is 6.04 Å². The van der Waals surface area contributed by atoms with Gasteiger partial charge in [-0.25, -0.2) is 0 Å². The molecule has 1 aliphatic heterocycles. The number of hydrogen-bond donors (Lipinski definition) is 0. The lowest BCUT2D eigenvalue weighted by Crippen LogP contribution is -2.29. The molecule has 0 N–H and O–H groups in total. The number of rotatable bonds is 3. The van der Waals surface area contributed by atoms with Crippen LogP contribution < -0.4 is 0 Å². The van der Waals surface area contributed by atoms with Crippen molar-refractivity contribution < 1.29 is 0 Å². The lowest BCUT2D eigenvalue weighted by atomic mass is 9.95. The largest absolute Gasteiger partial charge is 0.296 e. The molecule has 0 radical (unpaired) electrons. The standard InChI is InChI=1S/C14H21N.ClH/c1-12(2)14(15-10-6-7-11-15)13-8-4-3-5-9-13;/h3-5,8-9,12,14H,6-7,10-11H2,1-2H3;1H. The summed E-state index contributed by atoms with van der Waals surface area (Å²) in [6.45, 7) is 7.21. The Hall–Kier alpha value is -0.530. The van der Waals surface area contributed by atoms with Crippen molar-refractivity contribution in [3.63, 3.8) is 0 Å². The summed E-state index contributed by atoms with van der Waals surface area (Å²) in [5, 5.41) is 0. The van der Waals surface area contributed by atoms with E-state index in [-0.39, 0.29) is 12.4 Å². The van der Waals surface area contributed by atoms with E-state index in [1.165, 1.54) is 31.5 Å². The molecule has 1 atom stereocenters. The molecule has 2 rings (SSSR count). The van der Waals surface area contributed by atoms with E-state index in [9.17, 15) is 0 Å². The van der Waals surface area contributed by atoms with Gasteiger partial charge in [-0.05, 0) is 37.4 Å². The van der Waals surface area contributed by atoms with Gasteiger partial charge in [-0.3, -0.25) is 4.90 Å². The molecule has 16 heavy (non-hydrogen) atoms. The normalized spacial score (nSPS) is 18.4. The van der Waals surface area contributed by atoms with Crippen LogP contribution in [0.25, 0.3) is 0 Å². The van der Waals surface area contributed by atoms with Crippen LogP contribution in [0.15, 0.2) is 30.3 Å². The fourth-order valence-corrected chi connectivity index (χ4v) is 2.69. The summed E-state index contributed by atoms with van der Waals surface area (Å²) in [5.41, 5.74) is 1.48. The first kappa shape index (κ1) is 13.5. The van der Waals surface area contributed by atoms with E-state index in [1.807, 2.05) is 0 Å². The van der Waals surface area contributed by atoms with Crippen molar-refractivity contribution in [2.75, 3.05) is 13.1 Å². The highest BCUT2D eigenvalue weighted by molar-refractivity contribution is 5.85. The van der Waals surface area contributed by atoms with Crippen LogP contribution in [0.1, 0.15) is 38.3 Å². The highest BCUT2D eigenvalue weighted by Crippen LogP contribution is 2.31. The predicted octanol–water partition coefficient (Wildman–Crippen LogP) is 3.90. The van der Waals surface area contributed by atoms with Gasteiger partial charge in [0.05, 0.1) is 0 Å². The van der Waals surface area contributed by atoms with Crippen LogP contribution in [0.2, 0.25) is 0 Å². The predicted molar refractivity (Wildman–Crippen MR) is 72.1 cm³/mol. The van der Waals surface area contributed by atoms with Gasteiger partial charge < -0.3 is 0 Å². The van der Waals surface area contributed by atoms with Crippen LogP contribution in [0.3, 0.4) is 0 Å². The lowest BCUT2D eigenvalue weighted by Gasteiger charge is -2.31. The van der Waals surface area contributed by atoms with Crippen LogP contribution in [0.4, 0.5) is 0 Å². The molecule has 1 nitrogen and oxygen atoms in total. The maximum absolute atomic E-state index is 2.64. The Labute approximate surface area is 105 Å². The molecule has 0 aliphatic carbocycles. The maximum atomic E-state index is 2.64. The summed E-state index contributed by atoms with van der Waals surface area (Å²) in [4.78, 5) is 2.64. The summed E-state index contributed by atoms with van der Waals surface area (Å²) in [6.07, 6.45) is 2.74. The van der Waals surface area contributed by atoms with Gasteiger partial charge in [0.25, 0.3) is 0 Å². The number of benzene rings is 1. The van der Waals surface area contributed by atoms with Crippen LogP contribution in [-0.2, 0) is 0 Å². The molecule has 2 heteroatoms. The minimum atomic E-state index is 0. The van der Waals surface area contributed by atoms with Gasteiger partial charge in [-0.2, -0.15) is 0 Å². The first-order chi connectivity index (χ1) is 7.29. The molecule has 0 saturated carbocycles. The van der Waals surface area contributed by atoms with E-state index in [0.717, 1.165) is 0 Å². The Balaban J connectivity index is 0.00000128. The van der Waals surface area contributed by atoms with Crippen LogP contribution in [0.5, 0.6) is 0 Å². The van der Waals surface area contributed by atoms with Crippen LogP contribution in [0, 0.1) is 5.92 Å². The number of likely N-dealkylation sites (tertiary alicyclic amines) is 1. The molecule has 1 aromatic rings. The SMILES string of the molecule is CC(C)C(c1ccccc1)N1CCCC1.Cl. The third-order valence-electron chi connectivity index (χ3n) is 3.31. The molecule has 1 unspecified atom stereocenters. The average Bonchev–Trinajstić information content (AvgIpc) is 2.72. The summed E-state index contributed by atoms with van der Waals surface area (Å²) >= 11 is 0. The molecular formula is C14H22ClN. The first-order valence-electron chi connectivity index (χ1n) is 6.08. The molecule has 1 saturated heterocycles. The maximum Gasteiger partial charge on any atom is 0.0371 e. The quantitative estimate of drug-likeness (QED) is 0.773. The van der Waals surface area contributed by atoms with E-state index >= 15 is 0 Å². The van der Waals surface area contributed by atoms with E-state index in [4.69, 9.17) is 0 Å². The fourth-order valence-electron chi connectivity index (χ4n) is 2.69. The van der Waals surface area contributed by atoms with E-state index in [0.29, 0.717) is 12.0 Å². The van der Waals surface area contributed by atoms with Crippen molar-refractivity contribution in [1.82, 2.24) is 4.90 Å². The van der Waals surface area contributed by atoms with E-state index in [2.05, 4.69) is 49.1 Å². The van der Waals surface area contributed by atoms with Crippen molar-refractivity contribution in [2.45, 2.75) is 32.7 Å². The van der Waals surface area contributed by atoms with Gasteiger partial charge in [0.15, 0.2) is 0 Å². The number of nitrogens with zero attached hydrogens (tertiary/aromatic N) is 1. The van der Waals surface area contributed by atoms with Gasteiger partial charge in [-0.15, -0.1) is 12.4 Å². The Bertz CT molecular complexity index is 291. The van der Waals surface area contributed by atoms with Crippen molar-refractivity contribution in [3.8, 4) is 0 Å². The summed E-state index contributed by atoms with van der Waals surface area (Å²) < 4.78 is 0. The zero-order valence-corrected chi connectivity index (χ0v) is 11.0. The topological polar surface area (TPSA) is 3.24 Å². The molecule has 0 aromatic heterocycles. The number of halogens is 1. The first-order valence-corrected chi connectivity index (χ1v) is 6.08. The second kappa shape index (κ2) is 6.27. The van der Waals surface area contributed by atoms with Crippen LogP contribution >= 0.6 is 12.4 Å². The van der Waals surface area contributed by atoms with Gasteiger partial charge in [0.1, 0.15) is 0 Å². The summed E-state index contributed by atoms with van der Waals surface area (Å²) in [6, 6.07) is 11.6. The molecular weight excluding hydrogens is 218 g/mol. The fraction of sp³-hybridized carbons (Fsp3) is 0.571. The monoisotopic (exact) mass is 239 g/mol. The molecule has 0 amide bonds. The molecule has 1 aromatic carbocycles. The van der Waals surface area contributed by atoms with Crippen molar-refractivity contribution in [2.24, 2.45) is 5.92 Å². The summed E-state index contributed by atoms with van der Waals surface area (Å²) in [7, 11) is 0. The Morgan fingerprint density at radius 2 is 1.56 bits per heavy atom. The van der Waals surface area contributed by atoms with Gasteiger partial charge >= 0.3 is 0 Å². The highest BCUT2D eigenvalue weighted by Gasteiger charge is 2.25.